The standard InChI is InChI=1S/C10H12O3S/c1-10(2)12-8-5-4-7(14(3)11)6-9(8)13-10/h4-6H,1-3H3. The highest BCUT2D eigenvalue weighted by Gasteiger charge is 2.32. The van der Waals surface area contributed by atoms with Crippen LogP contribution in [0.5, 0.6) is 11.5 Å². The molecule has 1 heterocycles. The average molecular weight is 212 g/mol. The van der Waals surface area contributed by atoms with E-state index < -0.39 is 17.0 Å². The van der Waals surface area contributed by atoms with Crippen molar-refractivity contribution < 1.29 is 14.0 Å². The summed E-state index contributed by atoms with van der Waals surface area (Å²) in [6, 6.07) is 5.35. The number of benzene rings is 1. The lowest BCUT2D eigenvalue weighted by Gasteiger charge is -2.16. The SMILES string of the molecule is C[S+]([O-])c1ccc2c(c1)OC(C)(C)O2. The minimum atomic E-state index is -0.982. The van der Waals surface area contributed by atoms with Gasteiger partial charge >= 0.3 is 0 Å². The van der Waals surface area contributed by atoms with Crippen molar-refractivity contribution in [2.75, 3.05) is 6.26 Å². The van der Waals surface area contributed by atoms with Crippen LogP contribution in [0.1, 0.15) is 13.8 Å². The molecule has 0 aromatic heterocycles. The first-order valence-electron chi connectivity index (χ1n) is 4.33. The second kappa shape index (κ2) is 3.07. The Hall–Kier alpha value is -0.870. The Labute approximate surface area is 86.2 Å². The van der Waals surface area contributed by atoms with Crippen molar-refractivity contribution >= 4 is 11.2 Å². The van der Waals surface area contributed by atoms with Gasteiger partial charge in [-0.3, -0.25) is 0 Å². The molecule has 1 aliphatic rings. The van der Waals surface area contributed by atoms with Gasteiger partial charge in [-0.05, 0) is 23.3 Å². The number of ether oxygens (including phenoxy) is 2. The number of rotatable bonds is 1. The molecule has 2 rings (SSSR count). The molecule has 1 aromatic carbocycles. The van der Waals surface area contributed by atoms with E-state index in [-0.39, 0.29) is 0 Å². The van der Waals surface area contributed by atoms with Crippen LogP contribution in [0.25, 0.3) is 0 Å². The third-order valence-electron chi connectivity index (χ3n) is 1.96. The van der Waals surface area contributed by atoms with Crippen LogP contribution in [0.4, 0.5) is 0 Å². The fourth-order valence-corrected chi connectivity index (χ4v) is 1.91. The molecule has 0 aliphatic carbocycles. The van der Waals surface area contributed by atoms with Crippen LogP contribution in [0.3, 0.4) is 0 Å². The van der Waals surface area contributed by atoms with Gasteiger partial charge in [0.15, 0.2) is 16.4 Å². The van der Waals surface area contributed by atoms with Gasteiger partial charge in [0.05, 0.1) is 0 Å². The lowest BCUT2D eigenvalue weighted by molar-refractivity contribution is -0.0432. The normalized spacial score (nSPS) is 19.4. The zero-order chi connectivity index (χ0) is 10.3. The second-order valence-electron chi connectivity index (χ2n) is 3.67. The summed E-state index contributed by atoms with van der Waals surface area (Å²) >= 11 is -0.982. The van der Waals surface area contributed by atoms with Crippen molar-refractivity contribution in [2.24, 2.45) is 0 Å². The zero-order valence-electron chi connectivity index (χ0n) is 8.37. The van der Waals surface area contributed by atoms with Crippen LogP contribution in [0, 0.1) is 0 Å². The predicted octanol–water partition coefficient (Wildman–Crippen LogP) is 1.93. The van der Waals surface area contributed by atoms with Crippen molar-refractivity contribution in [2.45, 2.75) is 24.5 Å². The van der Waals surface area contributed by atoms with Crippen molar-refractivity contribution in [3.63, 3.8) is 0 Å². The van der Waals surface area contributed by atoms with Crippen molar-refractivity contribution in [3.05, 3.63) is 18.2 Å². The summed E-state index contributed by atoms with van der Waals surface area (Å²) in [7, 11) is 0. The molecular weight excluding hydrogens is 200 g/mol. The van der Waals surface area contributed by atoms with E-state index in [4.69, 9.17) is 9.47 Å². The van der Waals surface area contributed by atoms with Gasteiger partial charge in [0.2, 0.25) is 5.79 Å². The number of hydrogen-bond acceptors (Lipinski definition) is 3. The minimum absolute atomic E-state index is 0.615. The molecule has 0 saturated carbocycles. The van der Waals surface area contributed by atoms with Gasteiger partial charge in [-0.15, -0.1) is 0 Å². The molecule has 3 nitrogen and oxygen atoms in total. The maximum absolute atomic E-state index is 11.2. The van der Waals surface area contributed by atoms with Gasteiger partial charge in [0.1, 0.15) is 6.26 Å². The highest BCUT2D eigenvalue weighted by Crippen LogP contribution is 2.40. The van der Waals surface area contributed by atoms with E-state index in [9.17, 15) is 4.55 Å². The molecule has 0 saturated heterocycles. The topological polar surface area (TPSA) is 41.5 Å². The first kappa shape index (κ1) is 9.68. The van der Waals surface area contributed by atoms with Crippen molar-refractivity contribution in [3.8, 4) is 11.5 Å². The molecule has 14 heavy (non-hydrogen) atoms. The summed E-state index contributed by atoms with van der Waals surface area (Å²) in [6.45, 7) is 3.69. The van der Waals surface area contributed by atoms with Crippen LogP contribution >= 0.6 is 0 Å². The molecule has 1 unspecified atom stereocenters. The van der Waals surface area contributed by atoms with E-state index in [1.165, 1.54) is 0 Å². The van der Waals surface area contributed by atoms with Gasteiger partial charge in [0.25, 0.3) is 0 Å². The van der Waals surface area contributed by atoms with Crippen LogP contribution in [0.15, 0.2) is 23.1 Å². The Bertz CT molecular complexity index is 360. The molecule has 0 amide bonds. The molecular formula is C10H12O3S. The van der Waals surface area contributed by atoms with E-state index >= 15 is 0 Å². The first-order valence-corrected chi connectivity index (χ1v) is 5.89. The van der Waals surface area contributed by atoms with Crippen LogP contribution in [0.2, 0.25) is 0 Å². The van der Waals surface area contributed by atoms with Gasteiger partial charge in [0, 0.05) is 19.9 Å². The Morgan fingerprint density at radius 2 is 1.86 bits per heavy atom. The molecule has 1 aliphatic heterocycles. The molecule has 0 spiro atoms. The molecule has 1 atom stereocenters. The second-order valence-corrected chi connectivity index (χ2v) is 5.05. The van der Waals surface area contributed by atoms with Gasteiger partial charge in [-0.25, -0.2) is 0 Å². The fourth-order valence-electron chi connectivity index (χ4n) is 1.38. The molecule has 0 radical (unpaired) electrons. The molecule has 0 bridgehead atoms. The third-order valence-corrected chi connectivity index (χ3v) is 2.88. The highest BCUT2D eigenvalue weighted by molar-refractivity contribution is 7.90. The summed E-state index contributed by atoms with van der Waals surface area (Å²) in [4.78, 5) is 0.755. The summed E-state index contributed by atoms with van der Waals surface area (Å²) in [5.74, 6) is 0.766. The maximum atomic E-state index is 11.2. The molecule has 0 fully saturated rings. The third kappa shape index (κ3) is 1.67. The zero-order valence-corrected chi connectivity index (χ0v) is 9.18. The minimum Gasteiger partial charge on any atom is -0.612 e. The number of hydrogen-bond donors (Lipinski definition) is 0. The van der Waals surface area contributed by atoms with Gasteiger partial charge < -0.3 is 14.0 Å². The van der Waals surface area contributed by atoms with Crippen molar-refractivity contribution in [1.29, 1.82) is 0 Å². The Kier molecular flexibility index (Phi) is 2.12. The van der Waals surface area contributed by atoms with Crippen molar-refractivity contribution in [1.82, 2.24) is 0 Å². The predicted molar refractivity (Wildman–Crippen MR) is 54.1 cm³/mol. The molecule has 76 valence electrons. The monoisotopic (exact) mass is 212 g/mol. The smallest absolute Gasteiger partial charge is 0.246 e. The lowest BCUT2D eigenvalue weighted by Crippen LogP contribution is -2.29. The first-order chi connectivity index (χ1) is 6.48. The molecule has 0 N–H and O–H groups in total. The van der Waals surface area contributed by atoms with Crippen LogP contribution in [-0.4, -0.2) is 16.6 Å². The largest absolute Gasteiger partial charge is 0.612 e. The van der Waals surface area contributed by atoms with Gasteiger partial charge in [-0.1, -0.05) is 0 Å². The maximum Gasteiger partial charge on any atom is 0.246 e. The van der Waals surface area contributed by atoms with Gasteiger partial charge in [-0.2, -0.15) is 0 Å². The lowest BCUT2D eigenvalue weighted by atomic mass is 10.3. The van der Waals surface area contributed by atoms with E-state index in [0.29, 0.717) is 11.5 Å². The summed E-state index contributed by atoms with van der Waals surface area (Å²) < 4.78 is 22.3. The summed E-state index contributed by atoms with van der Waals surface area (Å²) in [5, 5.41) is 0. The van der Waals surface area contributed by atoms with E-state index in [1.54, 1.807) is 24.5 Å². The Balaban J connectivity index is 2.36. The summed E-state index contributed by atoms with van der Waals surface area (Å²) in [5.41, 5.74) is 0. The average Bonchev–Trinajstić information content (AvgIpc) is 2.36. The summed E-state index contributed by atoms with van der Waals surface area (Å²) in [6.07, 6.45) is 1.64. The van der Waals surface area contributed by atoms with E-state index in [1.807, 2.05) is 13.8 Å². The van der Waals surface area contributed by atoms with E-state index in [2.05, 4.69) is 0 Å². The molecule has 4 heteroatoms. The number of fused-ring (bicyclic) bond motifs is 1. The van der Waals surface area contributed by atoms with Crippen LogP contribution in [-0.2, 0) is 11.2 Å². The molecule has 1 aromatic rings. The highest BCUT2D eigenvalue weighted by atomic mass is 32.2. The van der Waals surface area contributed by atoms with Crippen LogP contribution < -0.4 is 9.47 Å². The fraction of sp³-hybridized carbons (Fsp3) is 0.400. The van der Waals surface area contributed by atoms with E-state index in [0.717, 1.165) is 4.90 Å². The Morgan fingerprint density at radius 1 is 1.21 bits per heavy atom. The quantitative estimate of drug-likeness (QED) is 0.668. The Morgan fingerprint density at radius 3 is 2.50 bits per heavy atom.